The summed E-state index contributed by atoms with van der Waals surface area (Å²) in [5.41, 5.74) is 4.34. The van der Waals surface area contributed by atoms with E-state index in [1.165, 1.54) is 0 Å². The van der Waals surface area contributed by atoms with E-state index < -0.39 is 11.8 Å². The summed E-state index contributed by atoms with van der Waals surface area (Å²) in [5.74, 6) is 0. The van der Waals surface area contributed by atoms with E-state index in [1.807, 2.05) is 0 Å². The van der Waals surface area contributed by atoms with Gasteiger partial charge in [0, 0.05) is 25.2 Å². The van der Waals surface area contributed by atoms with Gasteiger partial charge in [0.2, 0.25) is 6.43 Å². The Balaban J connectivity index is 0.00000121. The Morgan fingerprint density at radius 1 is 1.33 bits per heavy atom. The molecule has 0 aromatic carbocycles. The van der Waals surface area contributed by atoms with Crippen molar-refractivity contribution in [1.29, 1.82) is 0 Å². The third-order valence-electron chi connectivity index (χ3n) is 2.36. The molecular formula is C7H14ClF2NO. The van der Waals surface area contributed by atoms with Crippen LogP contribution in [0.25, 0.3) is 0 Å². The molecule has 0 aromatic rings. The third kappa shape index (κ3) is 2.28. The summed E-state index contributed by atoms with van der Waals surface area (Å²) in [6.45, 7) is 0.900. The lowest BCUT2D eigenvalue weighted by Gasteiger charge is -2.34. The first kappa shape index (κ1) is 12.1. The lowest BCUT2D eigenvalue weighted by Crippen LogP contribution is -2.42. The molecule has 1 aliphatic heterocycles. The molecule has 1 aliphatic rings. The van der Waals surface area contributed by atoms with E-state index in [0.29, 0.717) is 26.1 Å². The highest BCUT2D eigenvalue weighted by Crippen LogP contribution is 2.35. The second-order valence-corrected chi connectivity index (χ2v) is 2.98. The molecule has 74 valence electrons. The molecule has 2 nitrogen and oxygen atoms in total. The molecule has 0 saturated carbocycles. The van der Waals surface area contributed by atoms with Gasteiger partial charge < -0.3 is 10.5 Å². The molecule has 0 amide bonds. The standard InChI is InChI=1S/C7H13F2NO.ClH/c8-6(9)7(5-10)1-3-11-4-2-7;/h6H,1-5,10H2;1H. The Kier molecular flexibility index (Phi) is 4.97. The Hall–Kier alpha value is 0.0700. The minimum absolute atomic E-state index is 0. The van der Waals surface area contributed by atoms with Gasteiger partial charge in [0.05, 0.1) is 0 Å². The fraction of sp³-hybridized carbons (Fsp3) is 1.00. The lowest BCUT2D eigenvalue weighted by molar-refractivity contribution is -0.0741. The minimum atomic E-state index is -2.31. The molecule has 0 aliphatic carbocycles. The molecule has 1 fully saturated rings. The van der Waals surface area contributed by atoms with Crippen LogP contribution in [0.15, 0.2) is 0 Å². The number of nitrogens with two attached hydrogens (primary N) is 1. The number of ether oxygens (including phenoxy) is 1. The van der Waals surface area contributed by atoms with Crippen molar-refractivity contribution < 1.29 is 13.5 Å². The minimum Gasteiger partial charge on any atom is -0.381 e. The van der Waals surface area contributed by atoms with Gasteiger partial charge in [-0.25, -0.2) is 8.78 Å². The fourth-order valence-corrected chi connectivity index (χ4v) is 1.29. The Morgan fingerprint density at radius 2 is 1.83 bits per heavy atom. The molecule has 0 radical (unpaired) electrons. The van der Waals surface area contributed by atoms with E-state index in [0.717, 1.165) is 0 Å². The van der Waals surface area contributed by atoms with Crippen molar-refractivity contribution in [2.75, 3.05) is 19.8 Å². The highest BCUT2D eigenvalue weighted by Gasteiger charge is 2.39. The van der Waals surface area contributed by atoms with Gasteiger partial charge in [0.25, 0.3) is 0 Å². The highest BCUT2D eigenvalue weighted by atomic mass is 35.5. The van der Waals surface area contributed by atoms with Crippen LogP contribution in [0.1, 0.15) is 12.8 Å². The van der Waals surface area contributed by atoms with Crippen molar-refractivity contribution >= 4 is 12.4 Å². The van der Waals surface area contributed by atoms with Gasteiger partial charge in [-0.3, -0.25) is 0 Å². The van der Waals surface area contributed by atoms with E-state index in [1.54, 1.807) is 0 Å². The first-order valence-corrected chi connectivity index (χ1v) is 3.77. The maximum atomic E-state index is 12.4. The number of hydrogen-bond acceptors (Lipinski definition) is 2. The van der Waals surface area contributed by atoms with Crippen LogP contribution in [-0.4, -0.2) is 26.2 Å². The Bertz CT molecular complexity index is 129. The van der Waals surface area contributed by atoms with Gasteiger partial charge in [-0.15, -0.1) is 12.4 Å². The van der Waals surface area contributed by atoms with Crippen molar-refractivity contribution in [3.8, 4) is 0 Å². The van der Waals surface area contributed by atoms with Gasteiger partial charge in [0.1, 0.15) is 0 Å². The van der Waals surface area contributed by atoms with Gasteiger partial charge in [0.15, 0.2) is 0 Å². The van der Waals surface area contributed by atoms with Gasteiger partial charge >= 0.3 is 0 Å². The molecule has 2 N–H and O–H groups in total. The first-order valence-electron chi connectivity index (χ1n) is 3.77. The number of rotatable bonds is 2. The summed E-state index contributed by atoms with van der Waals surface area (Å²) < 4.78 is 29.9. The third-order valence-corrected chi connectivity index (χ3v) is 2.36. The number of hydrogen-bond donors (Lipinski definition) is 1. The zero-order valence-corrected chi connectivity index (χ0v) is 7.58. The van der Waals surface area contributed by atoms with Gasteiger partial charge in [-0.05, 0) is 12.8 Å². The zero-order chi connectivity index (χ0) is 8.32. The topological polar surface area (TPSA) is 35.2 Å². The summed E-state index contributed by atoms with van der Waals surface area (Å²) in [4.78, 5) is 0. The van der Waals surface area contributed by atoms with E-state index in [2.05, 4.69) is 0 Å². The Labute approximate surface area is 76.9 Å². The highest BCUT2D eigenvalue weighted by molar-refractivity contribution is 5.85. The van der Waals surface area contributed by atoms with Crippen LogP contribution in [0, 0.1) is 5.41 Å². The van der Waals surface area contributed by atoms with Gasteiger partial charge in [-0.1, -0.05) is 0 Å². The molecule has 1 rings (SSSR count). The molecule has 0 bridgehead atoms. The Morgan fingerprint density at radius 3 is 2.08 bits per heavy atom. The van der Waals surface area contributed by atoms with E-state index in [4.69, 9.17) is 10.5 Å². The second-order valence-electron chi connectivity index (χ2n) is 2.98. The molecule has 0 spiro atoms. The molecule has 0 aromatic heterocycles. The summed E-state index contributed by atoms with van der Waals surface area (Å²) in [6.07, 6.45) is -1.53. The first-order chi connectivity index (χ1) is 5.21. The molecule has 0 unspecified atom stereocenters. The SMILES string of the molecule is Cl.NCC1(C(F)F)CCOCC1. The maximum Gasteiger partial charge on any atom is 0.245 e. The summed E-state index contributed by atoms with van der Waals surface area (Å²) in [5, 5.41) is 0. The van der Waals surface area contributed by atoms with Crippen LogP contribution in [0.3, 0.4) is 0 Å². The second kappa shape index (κ2) is 4.94. The smallest absolute Gasteiger partial charge is 0.245 e. The average Bonchev–Trinajstić information content (AvgIpc) is 2.05. The van der Waals surface area contributed by atoms with Crippen molar-refractivity contribution in [3.63, 3.8) is 0 Å². The quantitative estimate of drug-likeness (QED) is 0.734. The maximum absolute atomic E-state index is 12.4. The number of alkyl halides is 2. The van der Waals surface area contributed by atoms with Crippen LogP contribution in [0.4, 0.5) is 8.78 Å². The lowest BCUT2D eigenvalue weighted by atomic mass is 9.81. The zero-order valence-electron chi connectivity index (χ0n) is 6.76. The van der Waals surface area contributed by atoms with Crippen LogP contribution < -0.4 is 5.73 Å². The molecule has 1 heterocycles. The van der Waals surface area contributed by atoms with Crippen molar-refractivity contribution in [3.05, 3.63) is 0 Å². The molecule has 1 saturated heterocycles. The molecular weight excluding hydrogens is 188 g/mol. The van der Waals surface area contributed by atoms with Crippen molar-refractivity contribution in [2.45, 2.75) is 19.3 Å². The number of halogens is 3. The fourth-order valence-electron chi connectivity index (χ4n) is 1.29. The van der Waals surface area contributed by atoms with E-state index in [-0.39, 0.29) is 19.0 Å². The molecule has 0 atom stereocenters. The van der Waals surface area contributed by atoms with Crippen LogP contribution in [-0.2, 0) is 4.74 Å². The van der Waals surface area contributed by atoms with E-state index in [9.17, 15) is 8.78 Å². The average molecular weight is 202 g/mol. The summed E-state index contributed by atoms with van der Waals surface area (Å²) >= 11 is 0. The monoisotopic (exact) mass is 201 g/mol. The summed E-state index contributed by atoms with van der Waals surface area (Å²) in [7, 11) is 0. The predicted octanol–water partition coefficient (Wildman–Crippen LogP) is 1.43. The van der Waals surface area contributed by atoms with Crippen LogP contribution in [0.2, 0.25) is 0 Å². The van der Waals surface area contributed by atoms with E-state index >= 15 is 0 Å². The molecule has 12 heavy (non-hydrogen) atoms. The van der Waals surface area contributed by atoms with Crippen LogP contribution in [0.5, 0.6) is 0 Å². The largest absolute Gasteiger partial charge is 0.381 e. The summed E-state index contributed by atoms with van der Waals surface area (Å²) in [6, 6.07) is 0. The predicted molar refractivity (Wildman–Crippen MR) is 44.8 cm³/mol. The van der Waals surface area contributed by atoms with Crippen molar-refractivity contribution in [1.82, 2.24) is 0 Å². The molecule has 5 heteroatoms. The van der Waals surface area contributed by atoms with Gasteiger partial charge in [-0.2, -0.15) is 0 Å². The van der Waals surface area contributed by atoms with Crippen LogP contribution >= 0.6 is 12.4 Å². The van der Waals surface area contributed by atoms with Crippen molar-refractivity contribution in [2.24, 2.45) is 11.1 Å². The normalized spacial score (nSPS) is 22.0.